The molecule has 0 aromatic carbocycles. The molecule has 0 bridgehead atoms. The second-order valence-electron chi connectivity index (χ2n) is 3.46. The number of nitrogens with one attached hydrogen (secondary N) is 1. The van der Waals surface area contributed by atoms with Crippen LogP contribution in [-0.4, -0.2) is 33.8 Å². The molecule has 0 spiro atoms. The van der Waals surface area contributed by atoms with E-state index in [2.05, 4.69) is 10.3 Å². The van der Waals surface area contributed by atoms with Gasteiger partial charge in [-0.2, -0.15) is 0 Å². The van der Waals surface area contributed by atoms with Crippen LogP contribution < -0.4 is 5.32 Å². The monoisotopic (exact) mass is 278 g/mol. The Bertz CT molecular complexity index is 415. The summed E-state index contributed by atoms with van der Waals surface area (Å²) >= 11 is 11.4. The van der Waals surface area contributed by atoms with Crippen molar-refractivity contribution in [2.75, 3.05) is 6.54 Å². The molecule has 0 radical (unpaired) electrons. The third-order valence-corrected chi connectivity index (χ3v) is 2.60. The number of hydrogen-bond donors (Lipinski definition) is 3. The Balaban J connectivity index is 2.74. The first-order valence-corrected chi connectivity index (χ1v) is 5.60. The zero-order valence-corrected chi connectivity index (χ0v) is 10.5. The first-order chi connectivity index (χ1) is 7.91. The van der Waals surface area contributed by atoms with Crippen molar-refractivity contribution in [2.24, 2.45) is 0 Å². The van der Waals surface area contributed by atoms with Gasteiger partial charge < -0.3 is 15.5 Å². The fraction of sp³-hybridized carbons (Fsp3) is 0.400. The van der Waals surface area contributed by atoms with Gasteiger partial charge in [-0.1, -0.05) is 29.3 Å². The average molecular weight is 279 g/mol. The first kappa shape index (κ1) is 14.2. The summed E-state index contributed by atoms with van der Waals surface area (Å²) in [7, 11) is 0. The van der Waals surface area contributed by atoms with Gasteiger partial charge in [-0.05, 0) is 6.07 Å². The lowest BCUT2D eigenvalue weighted by Gasteiger charge is -2.18. The van der Waals surface area contributed by atoms with Crippen molar-refractivity contribution in [3.63, 3.8) is 0 Å². The van der Waals surface area contributed by atoms with E-state index in [1.54, 1.807) is 0 Å². The Labute approximate surface area is 108 Å². The molecule has 1 amide bonds. The summed E-state index contributed by atoms with van der Waals surface area (Å²) in [5, 5.41) is 22.0. The van der Waals surface area contributed by atoms with Gasteiger partial charge in [0.2, 0.25) is 5.91 Å². The minimum atomic E-state index is -1.24. The second-order valence-corrected chi connectivity index (χ2v) is 4.21. The molecule has 17 heavy (non-hydrogen) atoms. The highest BCUT2D eigenvalue weighted by Crippen LogP contribution is 2.25. The van der Waals surface area contributed by atoms with Gasteiger partial charge >= 0.3 is 0 Å². The van der Waals surface area contributed by atoms with Gasteiger partial charge in [0.25, 0.3) is 0 Å². The standard InChI is InChI=1S/C10H12Cl2N2O3/c1-5(15)13-4-7(16)9(17)6-2-3-8(11)14-10(6)12/h2-3,7,9,16-17H,4H2,1H3,(H,13,15). The predicted octanol–water partition coefficient (Wildman–Crippen LogP) is 0.919. The molecule has 1 aromatic heterocycles. The molecule has 2 atom stereocenters. The molecular weight excluding hydrogens is 267 g/mol. The third-order valence-electron chi connectivity index (χ3n) is 2.09. The van der Waals surface area contributed by atoms with Gasteiger partial charge in [0.15, 0.2) is 0 Å². The number of aliphatic hydroxyl groups is 2. The zero-order chi connectivity index (χ0) is 13.0. The van der Waals surface area contributed by atoms with Crippen LogP contribution >= 0.6 is 23.2 Å². The number of aliphatic hydroxyl groups excluding tert-OH is 2. The molecule has 0 saturated carbocycles. The van der Waals surface area contributed by atoms with Gasteiger partial charge in [0.05, 0.1) is 0 Å². The van der Waals surface area contributed by atoms with Crippen LogP contribution in [0.15, 0.2) is 12.1 Å². The predicted molar refractivity (Wildman–Crippen MR) is 63.9 cm³/mol. The van der Waals surface area contributed by atoms with Crippen molar-refractivity contribution >= 4 is 29.1 Å². The maximum atomic E-state index is 10.7. The Morgan fingerprint density at radius 1 is 1.47 bits per heavy atom. The molecule has 0 saturated heterocycles. The van der Waals surface area contributed by atoms with Crippen LogP contribution in [0.1, 0.15) is 18.6 Å². The van der Waals surface area contributed by atoms with Gasteiger partial charge in [0.1, 0.15) is 22.5 Å². The molecule has 2 unspecified atom stereocenters. The number of hydrogen-bond acceptors (Lipinski definition) is 4. The minimum absolute atomic E-state index is 0.0203. The maximum absolute atomic E-state index is 10.7. The average Bonchev–Trinajstić information content (AvgIpc) is 2.25. The number of carbonyl (C=O) groups is 1. The Kier molecular flexibility index (Phi) is 5.14. The molecule has 0 fully saturated rings. The van der Waals surface area contributed by atoms with E-state index in [4.69, 9.17) is 23.2 Å². The topological polar surface area (TPSA) is 82.5 Å². The van der Waals surface area contributed by atoms with Crippen LogP contribution in [0.2, 0.25) is 10.3 Å². The lowest BCUT2D eigenvalue weighted by molar-refractivity contribution is -0.119. The molecule has 0 aliphatic heterocycles. The molecule has 1 heterocycles. The third kappa shape index (κ3) is 4.12. The quantitative estimate of drug-likeness (QED) is 0.716. The highest BCUT2D eigenvalue weighted by molar-refractivity contribution is 6.32. The zero-order valence-electron chi connectivity index (χ0n) is 9.02. The first-order valence-electron chi connectivity index (χ1n) is 4.84. The van der Waals surface area contributed by atoms with Gasteiger partial charge in [-0.25, -0.2) is 4.98 Å². The van der Waals surface area contributed by atoms with Crippen molar-refractivity contribution in [2.45, 2.75) is 19.1 Å². The van der Waals surface area contributed by atoms with Crippen LogP contribution in [0.4, 0.5) is 0 Å². The minimum Gasteiger partial charge on any atom is -0.388 e. The van der Waals surface area contributed by atoms with E-state index in [-0.39, 0.29) is 28.3 Å². The Morgan fingerprint density at radius 3 is 2.65 bits per heavy atom. The smallest absolute Gasteiger partial charge is 0.216 e. The second kappa shape index (κ2) is 6.16. The normalized spacial score (nSPS) is 14.2. The Morgan fingerprint density at radius 2 is 2.12 bits per heavy atom. The number of carbonyl (C=O) groups excluding carboxylic acids is 1. The number of halogens is 2. The number of pyridine rings is 1. The van der Waals surface area contributed by atoms with E-state index in [0.29, 0.717) is 0 Å². The molecule has 0 aliphatic carbocycles. The van der Waals surface area contributed by atoms with Crippen LogP contribution in [-0.2, 0) is 4.79 Å². The molecule has 94 valence electrons. The largest absolute Gasteiger partial charge is 0.388 e. The molecule has 1 aromatic rings. The van der Waals surface area contributed by atoms with Crippen molar-refractivity contribution in [1.29, 1.82) is 0 Å². The molecule has 0 aliphatic rings. The fourth-order valence-corrected chi connectivity index (χ4v) is 1.67. The summed E-state index contributed by atoms with van der Waals surface area (Å²) in [6.45, 7) is 1.24. The lowest BCUT2D eigenvalue weighted by atomic mass is 10.1. The highest BCUT2D eigenvalue weighted by atomic mass is 35.5. The summed E-state index contributed by atoms with van der Waals surface area (Å²) < 4.78 is 0. The number of nitrogens with zero attached hydrogens (tertiary/aromatic N) is 1. The van der Waals surface area contributed by atoms with E-state index >= 15 is 0 Å². The van der Waals surface area contributed by atoms with Gasteiger partial charge in [-0.3, -0.25) is 4.79 Å². The lowest BCUT2D eigenvalue weighted by Crippen LogP contribution is -2.34. The van der Waals surface area contributed by atoms with Crippen LogP contribution in [0.3, 0.4) is 0 Å². The van der Waals surface area contributed by atoms with Gasteiger partial charge in [-0.15, -0.1) is 0 Å². The fourth-order valence-electron chi connectivity index (χ4n) is 1.21. The summed E-state index contributed by atoms with van der Waals surface area (Å²) in [4.78, 5) is 14.4. The number of aromatic nitrogens is 1. The maximum Gasteiger partial charge on any atom is 0.216 e. The van der Waals surface area contributed by atoms with E-state index in [1.807, 2.05) is 0 Å². The molecule has 5 nitrogen and oxygen atoms in total. The van der Waals surface area contributed by atoms with Crippen molar-refractivity contribution < 1.29 is 15.0 Å². The Hall–Kier alpha value is -0.880. The SMILES string of the molecule is CC(=O)NCC(O)C(O)c1ccc(Cl)nc1Cl. The summed E-state index contributed by atoms with van der Waals surface area (Å²) in [5.41, 5.74) is 0.258. The van der Waals surface area contributed by atoms with E-state index in [9.17, 15) is 15.0 Å². The number of rotatable bonds is 4. The van der Waals surface area contributed by atoms with Gasteiger partial charge in [0, 0.05) is 19.0 Å². The van der Waals surface area contributed by atoms with Crippen molar-refractivity contribution in [1.82, 2.24) is 10.3 Å². The molecular formula is C10H12Cl2N2O3. The molecule has 7 heteroatoms. The van der Waals surface area contributed by atoms with E-state index < -0.39 is 12.2 Å². The summed E-state index contributed by atoms with van der Waals surface area (Å²) in [5.74, 6) is -0.295. The number of amides is 1. The molecule has 1 rings (SSSR count). The molecule has 3 N–H and O–H groups in total. The summed E-state index contributed by atoms with van der Waals surface area (Å²) in [6.07, 6.45) is -2.40. The van der Waals surface area contributed by atoms with E-state index in [1.165, 1.54) is 19.1 Å². The van der Waals surface area contributed by atoms with Crippen LogP contribution in [0.25, 0.3) is 0 Å². The van der Waals surface area contributed by atoms with Crippen molar-refractivity contribution in [3.8, 4) is 0 Å². The van der Waals surface area contributed by atoms with E-state index in [0.717, 1.165) is 0 Å². The summed E-state index contributed by atoms with van der Waals surface area (Å²) in [6, 6.07) is 2.93. The highest BCUT2D eigenvalue weighted by Gasteiger charge is 2.21. The van der Waals surface area contributed by atoms with Crippen LogP contribution in [0, 0.1) is 0 Å². The van der Waals surface area contributed by atoms with Crippen molar-refractivity contribution in [3.05, 3.63) is 28.0 Å². The van der Waals surface area contributed by atoms with Crippen LogP contribution in [0.5, 0.6) is 0 Å².